The van der Waals surface area contributed by atoms with E-state index >= 15 is 0 Å². The highest BCUT2D eigenvalue weighted by Gasteiger charge is 2.31. The number of nitrogens with zero attached hydrogens (tertiary/aromatic N) is 3. The number of likely N-dealkylation sites (tertiary alicyclic amines) is 1. The quantitative estimate of drug-likeness (QED) is 0.457. The van der Waals surface area contributed by atoms with Gasteiger partial charge in [-0.15, -0.1) is 0 Å². The minimum Gasteiger partial charge on any atom is -0.482 e. The first kappa shape index (κ1) is 24.4. The van der Waals surface area contributed by atoms with Crippen molar-refractivity contribution in [3.8, 4) is 11.6 Å². The number of carbonyl (C=O) groups is 1. The van der Waals surface area contributed by atoms with E-state index in [4.69, 9.17) is 9.47 Å². The van der Waals surface area contributed by atoms with Gasteiger partial charge in [0.05, 0.1) is 36.1 Å². The Hall–Kier alpha value is -3.34. The molecule has 2 aromatic heterocycles. The topological polar surface area (TPSA) is 117 Å². The van der Waals surface area contributed by atoms with E-state index in [1.807, 2.05) is 0 Å². The predicted molar refractivity (Wildman–Crippen MR) is 130 cm³/mol. The molecule has 3 N–H and O–H groups in total. The van der Waals surface area contributed by atoms with E-state index in [1.165, 1.54) is 13.3 Å². The lowest BCUT2D eigenvalue weighted by Gasteiger charge is -2.36. The van der Waals surface area contributed by atoms with Crippen molar-refractivity contribution in [3.63, 3.8) is 0 Å². The van der Waals surface area contributed by atoms with Crippen LogP contribution in [0.15, 0.2) is 36.5 Å². The number of ether oxygens (including phenoxy) is 2. The molecule has 1 aromatic carbocycles. The smallest absolute Gasteiger partial charge is 0.262 e. The second-order valence-electron chi connectivity index (χ2n) is 9.26. The average molecular weight is 497 g/mol. The molecule has 0 aliphatic carbocycles. The van der Waals surface area contributed by atoms with Gasteiger partial charge in [-0.1, -0.05) is 6.07 Å². The first-order chi connectivity index (χ1) is 17.4. The van der Waals surface area contributed by atoms with Crippen LogP contribution < -0.4 is 14.8 Å². The number of benzene rings is 1. The Bertz CT molecular complexity index is 1260. The molecule has 4 heterocycles. The molecule has 1 saturated heterocycles. The Labute approximate surface area is 207 Å². The van der Waals surface area contributed by atoms with E-state index in [9.17, 15) is 19.4 Å². The van der Waals surface area contributed by atoms with Crippen molar-refractivity contribution in [1.82, 2.24) is 14.9 Å². The van der Waals surface area contributed by atoms with Gasteiger partial charge in [0.15, 0.2) is 6.61 Å². The number of carbonyl (C=O) groups excluding carboxylic acids is 1. The van der Waals surface area contributed by atoms with E-state index in [-0.39, 0.29) is 24.2 Å². The van der Waals surface area contributed by atoms with Crippen molar-refractivity contribution in [2.24, 2.45) is 5.92 Å². The first-order valence-corrected chi connectivity index (χ1v) is 12.1. The number of aliphatic hydroxyl groups excluding tert-OH is 2. The number of hydrogen-bond acceptors (Lipinski definition) is 8. The van der Waals surface area contributed by atoms with E-state index in [0.717, 1.165) is 13.1 Å². The van der Waals surface area contributed by atoms with E-state index in [0.29, 0.717) is 65.3 Å². The molecule has 9 nitrogen and oxygen atoms in total. The summed E-state index contributed by atoms with van der Waals surface area (Å²) < 4.78 is 25.1. The number of anilines is 1. The zero-order valence-electron chi connectivity index (χ0n) is 20.0. The van der Waals surface area contributed by atoms with Crippen LogP contribution in [-0.4, -0.2) is 70.4 Å². The lowest BCUT2D eigenvalue weighted by molar-refractivity contribution is -0.118. The maximum Gasteiger partial charge on any atom is 0.262 e. The molecule has 1 fully saturated rings. The van der Waals surface area contributed by atoms with Crippen LogP contribution in [0, 0.1) is 11.7 Å². The summed E-state index contributed by atoms with van der Waals surface area (Å²) in [4.78, 5) is 22.3. The fourth-order valence-corrected chi connectivity index (χ4v) is 4.96. The number of amides is 1. The van der Waals surface area contributed by atoms with Gasteiger partial charge in [-0.2, -0.15) is 0 Å². The van der Waals surface area contributed by atoms with Crippen LogP contribution in [0.5, 0.6) is 11.6 Å². The predicted octanol–water partition coefficient (Wildman–Crippen LogP) is 2.46. The molecule has 2 aliphatic heterocycles. The standard InChI is InChI=1S/C26H29FN4O5/c1-35-23-5-3-19-24(30-23)17(18(27)13-28-19)8-11-31-9-6-15(7-10-31)25(33)26(34)16-2-4-21-20(12-16)29-22(32)14-36-21/h2-5,12-13,15,25-26,33-34H,6-11,14H2,1H3,(H,29,32)/t25-,26+/m0/s1. The Kier molecular flexibility index (Phi) is 6.99. The second-order valence-corrected chi connectivity index (χ2v) is 9.26. The molecule has 0 spiro atoms. The van der Waals surface area contributed by atoms with Gasteiger partial charge >= 0.3 is 0 Å². The van der Waals surface area contributed by atoms with E-state index in [1.54, 1.807) is 30.3 Å². The zero-order chi connectivity index (χ0) is 25.2. The lowest BCUT2D eigenvalue weighted by Crippen LogP contribution is -2.40. The van der Waals surface area contributed by atoms with Gasteiger partial charge in [0.2, 0.25) is 5.88 Å². The Balaban J connectivity index is 1.19. The molecule has 5 rings (SSSR count). The normalized spacial score (nSPS) is 18.3. The SMILES string of the molecule is COc1ccc2ncc(F)c(CCN3CCC([C@H](O)[C@H](O)c4ccc5c(c4)NC(=O)CO5)CC3)c2n1. The summed E-state index contributed by atoms with van der Waals surface area (Å²) in [7, 11) is 1.52. The molecule has 3 aromatic rings. The number of pyridine rings is 2. The number of rotatable bonds is 7. The molecule has 1 amide bonds. The number of piperidine rings is 1. The molecule has 0 bridgehead atoms. The molecule has 36 heavy (non-hydrogen) atoms. The van der Waals surface area contributed by atoms with Crippen molar-refractivity contribution in [2.75, 3.05) is 38.7 Å². The highest BCUT2D eigenvalue weighted by molar-refractivity contribution is 5.95. The molecule has 0 unspecified atom stereocenters. The van der Waals surface area contributed by atoms with Gasteiger partial charge in [-0.25, -0.2) is 9.37 Å². The number of fused-ring (bicyclic) bond motifs is 2. The molecule has 190 valence electrons. The van der Waals surface area contributed by atoms with E-state index in [2.05, 4.69) is 20.2 Å². The maximum absolute atomic E-state index is 14.6. The Morgan fingerprint density at radius 1 is 1.25 bits per heavy atom. The van der Waals surface area contributed by atoms with Gasteiger partial charge in [0.1, 0.15) is 17.7 Å². The van der Waals surface area contributed by atoms with E-state index < -0.39 is 12.2 Å². The molecule has 2 atom stereocenters. The first-order valence-electron chi connectivity index (χ1n) is 12.1. The van der Waals surface area contributed by atoms with Gasteiger partial charge in [-0.05, 0) is 62.0 Å². The third-order valence-corrected chi connectivity index (χ3v) is 7.04. The van der Waals surface area contributed by atoms with Crippen LogP contribution in [0.3, 0.4) is 0 Å². The fraction of sp³-hybridized carbons (Fsp3) is 0.423. The molecule has 10 heteroatoms. The average Bonchev–Trinajstić information content (AvgIpc) is 2.91. The monoisotopic (exact) mass is 496 g/mol. The van der Waals surface area contributed by atoms with Gasteiger partial charge in [0.25, 0.3) is 5.91 Å². The number of aliphatic hydroxyl groups is 2. The van der Waals surface area contributed by atoms with Crippen LogP contribution in [-0.2, 0) is 11.2 Å². The van der Waals surface area contributed by atoms with Crippen molar-refractivity contribution in [1.29, 1.82) is 0 Å². The summed E-state index contributed by atoms with van der Waals surface area (Å²) in [6, 6.07) is 8.51. The highest BCUT2D eigenvalue weighted by Crippen LogP contribution is 2.34. The van der Waals surface area contributed by atoms with Crippen molar-refractivity contribution < 1.29 is 28.9 Å². The second kappa shape index (κ2) is 10.3. The summed E-state index contributed by atoms with van der Waals surface area (Å²) in [5, 5.41) is 24.4. The Morgan fingerprint density at radius 3 is 2.83 bits per heavy atom. The van der Waals surface area contributed by atoms with Crippen molar-refractivity contribution >= 4 is 22.6 Å². The third kappa shape index (κ3) is 4.97. The maximum atomic E-state index is 14.6. The van der Waals surface area contributed by atoms with Crippen LogP contribution in [0.4, 0.5) is 10.1 Å². The largest absolute Gasteiger partial charge is 0.482 e. The summed E-state index contributed by atoms with van der Waals surface area (Å²) in [6.45, 7) is 2.06. The van der Waals surface area contributed by atoms with Crippen LogP contribution in [0.25, 0.3) is 11.0 Å². The fourth-order valence-electron chi connectivity index (χ4n) is 4.96. The highest BCUT2D eigenvalue weighted by atomic mass is 19.1. The van der Waals surface area contributed by atoms with Crippen molar-refractivity contribution in [3.05, 3.63) is 53.5 Å². The minimum atomic E-state index is -1.08. The van der Waals surface area contributed by atoms with Gasteiger partial charge in [-0.3, -0.25) is 9.78 Å². The van der Waals surface area contributed by atoms with Gasteiger partial charge < -0.3 is 29.9 Å². The number of nitrogens with one attached hydrogen (secondary N) is 1. The molecular formula is C26H29FN4O5. The summed E-state index contributed by atoms with van der Waals surface area (Å²) >= 11 is 0. The number of hydrogen-bond donors (Lipinski definition) is 3. The molecular weight excluding hydrogens is 467 g/mol. The molecule has 2 aliphatic rings. The van der Waals surface area contributed by atoms with Crippen LogP contribution >= 0.6 is 0 Å². The Morgan fingerprint density at radius 2 is 2.06 bits per heavy atom. The van der Waals surface area contributed by atoms with Crippen LogP contribution in [0.1, 0.15) is 30.1 Å². The van der Waals surface area contributed by atoms with Crippen molar-refractivity contribution in [2.45, 2.75) is 31.5 Å². The summed E-state index contributed by atoms with van der Waals surface area (Å²) in [5.74, 6) is 0.237. The minimum absolute atomic E-state index is 0.0369. The van der Waals surface area contributed by atoms with Gasteiger partial charge in [0, 0.05) is 18.2 Å². The number of aromatic nitrogens is 2. The molecule has 0 saturated carbocycles. The molecule has 0 radical (unpaired) electrons. The zero-order valence-corrected chi connectivity index (χ0v) is 20.0. The summed E-state index contributed by atoms with van der Waals surface area (Å²) in [6.07, 6.45) is 1.09. The van der Waals surface area contributed by atoms with Crippen LogP contribution in [0.2, 0.25) is 0 Å². The lowest BCUT2D eigenvalue weighted by atomic mass is 9.86. The summed E-state index contributed by atoms with van der Waals surface area (Å²) in [5.41, 5.74) is 2.66. The third-order valence-electron chi connectivity index (χ3n) is 7.04. The number of methoxy groups -OCH3 is 1. The number of halogens is 1.